The van der Waals surface area contributed by atoms with Crippen LogP contribution in [0.5, 0.6) is 0 Å². The number of nitro benzene ring substituents is 1. The van der Waals surface area contributed by atoms with E-state index in [0.717, 1.165) is 0 Å². The molecule has 1 unspecified atom stereocenters. The number of nitrogens with zero attached hydrogens (tertiary/aromatic N) is 2. The van der Waals surface area contributed by atoms with Crippen LogP contribution < -0.4 is 5.32 Å². The van der Waals surface area contributed by atoms with Crippen LogP contribution in [0, 0.1) is 27.4 Å². The lowest BCUT2D eigenvalue weighted by molar-refractivity contribution is -0.385. The number of ether oxygens (including phenoxy) is 1. The van der Waals surface area contributed by atoms with Crippen molar-refractivity contribution in [3.05, 3.63) is 33.9 Å². The van der Waals surface area contributed by atoms with Crippen LogP contribution in [0.2, 0.25) is 0 Å². The van der Waals surface area contributed by atoms with Gasteiger partial charge >= 0.3 is 5.97 Å². The molecule has 0 bridgehead atoms. The van der Waals surface area contributed by atoms with E-state index in [1.807, 2.05) is 13.8 Å². The lowest BCUT2D eigenvalue weighted by Gasteiger charge is -2.20. The van der Waals surface area contributed by atoms with Crippen molar-refractivity contribution < 1.29 is 14.5 Å². The van der Waals surface area contributed by atoms with E-state index in [1.54, 1.807) is 6.07 Å². The molecule has 0 radical (unpaired) electrons. The molecule has 0 saturated heterocycles. The SMILES string of the molecule is COC(=O)C(Nc1ccc([N+](=O)[O-])c(C#N)c1)C(C)C. The summed E-state index contributed by atoms with van der Waals surface area (Å²) in [6, 6.07) is 5.21. The predicted molar refractivity (Wildman–Crippen MR) is 72.1 cm³/mol. The fourth-order valence-electron chi connectivity index (χ4n) is 1.68. The number of carbonyl (C=O) groups is 1. The molecule has 1 N–H and O–H groups in total. The van der Waals surface area contributed by atoms with Crippen LogP contribution in [0.25, 0.3) is 0 Å². The van der Waals surface area contributed by atoms with Crippen molar-refractivity contribution in [2.75, 3.05) is 12.4 Å². The zero-order chi connectivity index (χ0) is 15.3. The van der Waals surface area contributed by atoms with Crippen molar-refractivity contribution in [3.63, 3.8) is 0 Å². The molecule has 20 heavy (non-hydrogen) atoms. The molecule has 7 heteroatoms. The molecule has 0 aromatic heterocycles. The van der Waals surface area contributed by atoms with E-state index < -0.39 is 16.9 Å². The third-order valence-corrected chi connectivity index (χ3v) is 2.76. The largest absolute Gasteiger partial charge is 0.467 e. The third-order valence-electron chi connectivity index (χ3n) is 2.76. The number of nitrogens with one attached hydrogen (secondary N) is 1. The van der Waals surface area contributed by atoms with Crippen LogP contribution >= 0.6 is 0 Å². The lowest BCUT2D eigenvalue weighted by Crippen LogP contribution is -2.35. The number of nitriles is 1. The second kappa shape index (κ2) is 6.52. The van der Waals surface area contributed by atoms with Gasteiger partial charge in [-0.25, -0.2) is 4.79 Å². The summed E-state index contributed by atoms with van der Waals surface area (Å²) in [5.41, 5.74) is 0.126. The molecule has 0 saturated carbocycles. The van der Waals surface area contributed by atoms with E-state index in [-0.39, 0.29) is 17.2 Å². The Morgan fingerprint density at radius 2 is 2.15 bits per heavy atom. The van der Waals surface area contributed by atoms with Crippen LogP contribution in [0.4, 0.5) is 11.4 Å². The molecule has 106 valence electrons. The van der Waals surface area contributed by atoms with Crippen LogP contribution in [0.15, 0.2) is 18.2 Å². The standard InChI is InChI=1S/C13H15N3O4/c1-8(2)12(13(17)20-3)15-10-4-5-11(16(18)19)9(6-10)7-14/h4-6,8,12,15H,1-3H3. The average molecular weight is 277 g/mol. The second-order valence-electron chi connectivity index (χ2n) is 4.49. The molecular formula is C13H15N3O4. The molecule has 0 heterocycles. The summed E-state index contributed by atoms with van der Waals surface area (Å²) >= 11 is 0. The maximum Gasteiger partial charge on any atom is 0.328 e. The van der Waals surface area contributed by atoms with E-state index in [9.17, 15) is 14.9 Å². The average Bonchev–Trinajstić information content (AvgIpc) is 2.42. The maximum absolute atomic E-state index is 11.6. The van der Waals surface area contributed by atoms with Gasteiger partial charge in [-0.3, -0.25) is 10.1 Å². The summed E-state index contributed by atoms with van der Waals surface area (Å²) in [5, 5.41) is 22.6. The number of rotatable bonds is 5. The summed E-state index contributed by atoms with van der Waals surface area (Å²) in [5.74, 6) is -0.472. The number of anilines is 1. The smallest absolute Gasteiger partial charge is 0.328 e. The first kappa shape index (κ1) is 15.4. The Balaban J connectivity index is 3.06. The highest BCUT2D eigenvalue weighted by Crippen LogP contribution is 2.23. The Morgan fingerprint density at radius 3 is 2.60 bits per heavy atom. The normalized spacial score (nSPS) is 11.6. The van der Waals surface area contributed by atoms with Crippen molar-refractivity contribution in [1.29, 1.82) is 5.26 Å². The number of methoxy groups -OCH3 is 1. The molecule has 0 aliphatic carbocycles. The van der Waals surface area contributed by atoms with E-state index in [0.29, 0.717) is 5.69 Å². The van der Waals surface area contributed by atoms with Crippen molar-refractivity contribution >= 4 is 17.3 Å². The van der Waals surface area contributed by atoms with Crippen molar-refractivity contribution in [2.45, 2.75) is 19.9 Å². The number of nitro groups is 1. The zero-order valence-electron chi connectivity index (χ0n) is 11.4. The van der Waals surface area contributed by atoms with Gasteiger partial charge in [0, 0.05) is 11.8 Å². The molecule has 1 rings (SSSR count). The van der Waals surface area contributed by atoms with E-state index >= 15 is 0 Å². The molecule has 1 aromatic rings. The molecule has 7 nitrogen and oxygen atoms in total. The van der Waals surface area contributed by atoms with Gasteiger partial charge in [-0.1, -0.05) is 13.8 Å². The Morgan fingerprint density at radius 1 is 1.50 bits per heavy atom. The van der Waals surface area contributed by atoms with Gasteiger partial charge in [0.2, 0.25) is 0 Å². The minimum Gasteiger partial charge on any atom is -0.467 e. The first-order valence-corrected chi connectivity index (χ1v) is 5.93. The molecular weight excluding hydrogens is 262 g/mol. The van der Waals surface area contributed by atoms with Crippen LogP contribution in [-0.2, 0) is 9.53 Å². The molecule has 0 aliphatic heterocycles. The number of hydrogen-bond donors (Lipinski definition) is 1. The monoisotopic (exact) mass is 277 g/mol. The predicted octanol–water partition coefficient (Wildman–Crippen LogP) is 2.08. The minimum absolute atomic E-state index is 0.0387. The van der Waals surface area contributed by atoms with E-state index in [1.165, 1.54) is 25.3 Å². The highest BCUT2D eigenvalue weighted by atomic mass is 16.6. The summed E-state index contributed by atoms with van der Waals surface area (Å²) in [6.07, 6.45) is 0. The van der Waals surface area contributed by atoms with Crippen molar-refractivity contribution in [1.82, 2.24) is 0 Å². The minimum atomic E-state index is -0.622. The van der Waals surface area contributed by atoms with Crippen molar-refractivity contribution in [3.8, 4) is 6.07 Å². The zero-order valence-corrected chi connectivity index (χ0v) is 11.4. The summed E-state index contributed by atoms with van der Waals surface area (Å²) in [6.45, 7) is 3.68. The Hall–Kier alpha value is -2.62. The van der Waals surface area contributed by atoms with Gasteiger partial charge < -0.3 is 10.1 Å². The number of esters is 1. The summed E-state index contributed by atoms with van der Waals surface area (Å²) < 4.78 is 4.69. The van der Waals surface area contributed by atoms with Crippen LogP contribution in [-0.4, -0.2) is 24.0 Å². The van der Waals surface area contributed by atoms with Gasteiger partial charge in [-0.2, -0.15) is 5.26 Å². The second-order valence-corrected chi connectivity index (χ2v) is 4.49. The molecule has 1 atom stereocenters. The Kier molecular flexibility index (Phi) is 5.03. The van der Waals surface area contributed by atoms with Crippen LogP contribution in [0.3, 0.4) is 0 Å². The first-order chi connectivity index (χ1) is 9.40. The van der Waals surface area contributed by atoms with Gasteiger partial charge in [0.15, 0.2) is 0 Å². The molecule has 1 aromatic carbocycles. The van der Waals surface area contributed by atoms with Gasteiger partial charge in [-0.15, -0.1) is 0 Å². The van der Waals surface area contributed by atoms with Crippen LogP contribution in [0.1, 0.15) is 19.4 Å². The molecule has 0 aliphatic rings. The fraction of sp³-hybridized carbons (Fsp3) is 0.385. The molecule has 0 amide bonds. The third kappa shape index (κ3) is 3.45. The van der Waals surface area contributed by atoms with Gasteiger partial charge in [0.25, 0.3) is 5.69 Å². The van der Waals surface area contributed by atoms with E-state index in [2.05, 4.69) is 10.1 Å². The number of benzene rings is 1. The molecule has 0 fully saturated rings. The number of hydrogen-bond acceptors (Lipinski definition) is 6. The first-order valence-electron chi connectivity index (χ1n) is 5.93. The Labute approximate surface area is 116 Å². The lowest BCUT2D eigenvalue weighted by atomic mass is 10.0. The maximum atomic E-state index is 11.6. The fourth-order valence-corrected chi connectivity index (χ4v) is 1.68. The highest BCUT2D eigenvalue weighted by molar-refractivity contribution is 5.79. The number of carbonyl (C=O) groups excluding carboxylic acids is 1. The van der Waals surface area contributed by atoms with Crippen molar-refractivity contribution in [2.24, 2.45) is 5.92 Å². The highest BCUT2D eigenvalue weighted by Gasteiger charge is 2.23. The summed E-state index contributed by atoms with van der Waals surface area (Å²) in [7, 11) is 1.29. The topological polar surface area (TPSA) is 105 Å². The molecule has 0 spiro atoms. The van der Waals surface area contributed by atoms with Gasteiger partial charge in [0.05, 0.1) is 12.0 Å². The summed E-state index contributed by atoms with van der Waals surface area (Å²) in [4.78, 5) is 21.7. The quantitative estimate of drug-likeness (QED) is 0.501. The Bertz CT molecular complexity index is 563. The van der Waals surface area contributed by atoms with Gasteiger partial charge in [0.1, 0.15) is 17.7 Å². The van der Waals surface area contributed by atoms with E-state index in [4.69, 9.17) is 5.26 Å². The van der Waals surface area contributed by atoms with Gasteiger partial charge in [-0.05, 0) is 18.1 Å².